The SMILES string of the molecule is N#Cc1c(-c2ccc(Cl)cc2)nc(N=NCc2cccs2)[nH]c1=O. The molecule has 0 amide bonds. The Kier molecular flexibility index (Phi) is 4.79. The first-order chi connectivity index (χ1) is 11.7. The molecule has 0 aliphatic heterocycles. The highest BCUT2D eigenvalue weighted by atomic mass is 35.5. The average molecular weight is 356 g/mol. The number of rotatable bonds is 4. The largest absolute Gasteiger partial charge is 0.288 e. The van der Waals surface area contributed by atoms with Crippen LogP contribution in [0.4, 0.5) is 5.95 Å². The second-order valence-electron chi connectivity index (χ2n) is 4.71. The summed E-state index contributed by atoms with van der Waals surface area (Å²) >= 11 is 7.43. The van der Waals surface area contributed by atoms with E-state index in [2.05, 4.69) is 20.2 Å². The summed E-state index contributed by atoms with van der Waals surface area (Å²) in [5.41, 5.74) is 0.233. The van der Waals surface area contributed by atoms with Crippen LogP contribution in [-0.2, 0) is 6.54 Å². The summed E-state index contributed by atoms with van der Waals surface area (Å²) in [6.07, 6.45) is 0. The Labute approximate surface area is 146 Å². The average Bonchev–Trinajstić information content (AvgIpc) is 3.08. The van der Waals surface area contributed by atoms with E-state index >= 15 is 0 Å². The molecule has 2 heterocycles. The van der Waals surface area contributed by atoms with E-state index in [1.807, 2.05) is 23.6 Å². The smallest absolute Gasteiger partial charge is 0.270 e. The molecular weight excluding hydrogens is 346 g/mol. The minimum Gasteiger partial charge on any atom is -0.288 e. The molecule has 0 unspecified atom stereocenters. The predicted octanol–water partition coefficient (Wildman–Crippen LogP) is 4.31. The number of halogens is 1. The summed E-state index contributed by atoms with van der Waals surface area (Å²) in [5, 5.41) is 19.7. The van der Waals surface area contributed by atoms with Crippen molar-refractivity contribution in [1.82, 2.24) is 9.97 Å². The van der Waals surface area contributed by atoms with Gasteiger partial charge in [0.25, 0.3) is 5.56 Å². The fraction of sp³-hybridized carbons (Fsp3) is 0.0625. The number of hydrogen-bond acceptors (Lipinski definition) is 6. The fourth-order valence-electron chi connectivity index (χ4n) is 2.00. The molecular formula is C16H10ClN5OS. The highest BCUT2D eigenvalue weighted by Crippen LogP contribution is 2.23. The Bertz CT molecular complexity index is 971. The van der Waals surface area contributed by atoms with Crippen LogP contribution in [0.1, 0.15) is 10.4 Å². The van der Waals surface area contributed by atoms with Gasteiger partial charge in [-0.25, -0.2) is 4.98 Å². The molecule has 24 heavy (non-hydrogen) atoms. The van der Waals surface area contributed by atoms with Crippen molar-refractivity contribution in [2.45, 2.75) is 6.54 Å². The first kappa shape index (κ1) is 16.1. The van der Waals surface area contributed by atoms with Gasteiger partial charge in [0, 0.05) is 15.5 Å². The van der Waals surface area contributed by atoms with Gasteiger partial charge in [0.1, 0.15) is 11.6 Å². The van der Waals surface area contributed by atoms with Crippen molar-refractivity contribution in [2.75, 3.05) is 0 Å². The van der Waals surface area contributed by atoms with Crippen LogP contribution in [-0.4, -0.2) is 9.97 Å². The maximum atomic E-state index is 12.1. The molecule has 8 heteroatoms. The van der Waals surface area contributed by atoms with E-state index in [4.69, 9.17) is 11.6 Å². The van der Waals surface area contributed by atoms with Gasteiger partial charge in [-0.1, -0.05) is 29.8 Å². The second kappa shape index (κ2) is 7.17. The minimum absolute atomic E-state index is 0.0560. The number of nitriles is 1. The van der Waals surface area contributed by atoms with E-state index in [0.717, 1.165) is 4.88 Å². The molecule has 0 spiro atoms. The number of H-pyrrole nitrogens is 1. The van der Waals surface area contributed by atoms with Crippen molar-refractivity contribution < 1.29 is 0 Å². The lowest BCUT2D eigenvalue weighted by Crippen LogP contribution is -2.13. The van der Waals surface area contributed by atoms with Crippen molar-refractivity contribution in [3.05, 3.63) is 67.6 Å². The van der Waals surface area contributed by atoms with Crippen LogP contribution in [0.3, 0.4) is 0 Å². The van der Waals surface area contributed by atoms with Crippen molar-refractivity contribution in [2.24, 2.45) is 10.2 Å². The topological polar surface area (TPSA) is 94.3 Å². The van der Waals surface area contributed by atoms with Gasteiger partial charge in [0.2, 0.25) is 5.95 Å². The Balaban J connectivity index is 1.97. The van der Waals surface area contributed by atoms with E-state index in [1.165, 1.54) is 0 Å². The van der Waals surface area contributed by atoms with Crippen LogP contribution in [0.15, 0.2) is 56.8 Å². The molecule has 0 fully saturated rings. The van der Waals surface area contributed by atoms with Crippen LogP contribution in [0.5, 0.6) is 0 Å². The van der Waals surface area contributed by atoms with E-state index in [-0.39, 0.29) is 17.2 Å². The van der Waals surface area contributed by atoms with Gasteiger partial charge in [-0.15, -0.1) is 16.5 Å². The number of hydrogen-bond donors (Lipinski definition) is 1. The molecule has 6 nitrogen and oxygen atoms in total. The van der Waals surface area contributed by atoms with Gasteiger partial charge >= 0.3 is 0 Å². The number of aromatic amines is 1. The second-order valence-corrected chi connectivity index (χ2v) is 6.18. The van der Waals surface area contributed by atoms with Gasteiger partial charge in [0.15, 0.2) is 0 Å². The standard InChI is InChI=1S/C16H10ClN5OS/c17-11-5-3-10(4-6-11)14-13(8-18)15(23)21-16(20-14)22-19-9-12-2-1-7-24-12/h1-7H,9H2,(H,20,21,23). The molecule has 0 atom stereocenters. The van der Waals surface area contributed by atoms with Crippen LogP contribution in [0.25, 0.3) is 11.3 Å². The first-order valence-electron chi connectivity index (χ1n) is 6.87. The zero-order valence-electron chi connectivity index (χ0n) is 12.2. The van der Waals surface area contributed by atoms with Crippen LogP contribution < -0.4 is 5.56 Å². The van der Waals surface area contributed by atoms with Crippen molar-refractivity contribution in [1.29, 1.82) is 5.26 Å². The molecule has 2 aromatic heterocycles. The van der Waals surface area contributed by atoms with Gasteiger partial charge in [0.05, 0.1) is 12.2 Å². The fourth-order valence-corrected chi connectivity index (χ4v) is 2.75. The molecule has 118 valence electrons. The molecule has 0 bridgehead atoms. The minimum atomic E-state index is -0.553. The quantitative estimate of drug-likeness (QED) is 0.706. The van der Waals surface area contributed by atoms with Crippen LogP contribution >= 0.6 is 22.9 Å². The third kappa shape index (κ3) is 3.56. The molecule has 0 saturated carbocycles. The lowest BCUT2D eigenvalue weighted by atomic mass is 10.1. The van der Waals surface area contributed by atoms with Gasteiger partial charge in [-0.3, -0.25) is 9.78 Å². The number of aromatic nitrogens is 2. The number of nitrogens with one attached hydrogen (secondary N) is 1. The van der Waals surface area contributed by atoms with Gasteiger partial charge in [-0.2, -0.15) is 10.4 Å². The van der Waals surface area contributed by atoms with Crippen LogP contribution in [0.2, 0.25) is 5.02 Å². The Morgan fingerprint density at radius 1 is 1.29 bits per heavy atom. The molecule has 1 N–H and O–H groups in total. The molecule has 0 saturated heterocycles. The summed E-state index contributed by atoms with van der Waals surface area (Å²) in [4.78, 5) is 19.8. The summed E-state index contributed by atoms with van der Waals surface area (Å²) in [6, 6.07) is 12.5. The number of azo groups is 1. The third-order valence-corrected chi connectivity index (χ3v) is 4.22. The monoisotopic (exact) mass is 355 g/mol. The maximum absolute atomic E-state index is 12.1. The van der Waals surface area contributed by atoms with E-state index in [9.17, 15) is 10.1 Å². The number of thiophene rings is 1. The summed E-state index contributed by atoms with van der Waals surface area (Å²) in [5.74, 6) is 0.0560. The highest BCUT2D eigenvalue weighted by molar-refractivity contribution is 7.09. The van der Waals surface area contributed by atoms with Crippen LogP contribution in [0, 0.1) is 11.3 Å². The van der Waals surface area contributed by atoms with E-state index in [1.54, 1.807) is 35.6 Å². The van der Waals surface area contributed by atoms with Gasteiger partial charge < -0.3 is 0 Å². The van der Waals surface area contributed by atoms with Crippen molar-refractivity contribution in [3.63, 3.8) is 0 Å². The van der Waals surface area contributed by atoms with E-state index < -0.39 is 5.56 Å². The Hall–Kier alpha value is -2.82. The van der Waals surface area contributed by atoms with Crippen molar-refractivity contribution >= 4 is 28.9 Å². The molecule has 0 radical (unpaired) electrons. The predicted molar refractivity (Wildman–Crippen MR) is 92.6 cm³/mol. The number of nitrogens with zero attached hydrogens (tertiary/aromatic N) is 4. The molecule has 1 aromatic carbocycles. The van der Waals surface area contributed by atoms with Gasteiger partial charge in [-0.05, 0) is 23.6 Å². The molecule has 0 aliphatic carbocycles. The number of benzene rings is 1. The first-order valence-corrected chi connectivity index (χ1v) is 8.13. The Morgan fingerprint density at radius 2 is 2.08 bits per heavy atom. The summed E-state index contributed by atoms with van der Waals surface area (Å²) in [6.45, 7) is 0.400. The maximum Gasteiger partial charge on any atom is 0.270 e. The highest BCUT2D eigenvalue weighted by Gasteiger charge is 2.13. The molecule has 3 rings (SSSR count). The summed E-state index contributed by atoms with van der Waals surface area (Å²) < 4.78 is 0. The molecule has 0 aliphatic rings. The van der Waals surface area contributed by atoms with Crippen molar-refractivity contribution in [3.8, 4) is 17.3 Å². The lowest BCUT2D eigenvalue weighted by Gasteiger charge is -2.03. The molecule has 3 aromatic rings. The third-order valence-electron chi connectivity index (χ3n) is 3.11. The lowest BCUT2D eigenvalue weighted by molar-refractivity contribution is 0.933. The van der Waals surface area contributed by atoms with E-state index in [0.29, 0.717) is 17.1 Å². The Morgan fingerprint density at radius 3 is 2.75 bits per heavy atom. The zero-order valence-corrected chi connectivity index (χ0v) is 13.8. The summed E-state index contributed by atoms with van der Waals surface area (Å²) in [7, 11) is 0. The normalized spacial score (nSPS) is 10.8. The zero-order chi connectivity index (χ0) is 16.9.